The highest BCUT2D eigenvalue weighted by atomic mass is 32.2. The van der Waals surface area contributed by atoms with Crippen molar-refractivity contribution in [2.24, 2.45) is 0 Å². The van der Waals surface area contributed by atoms with E-state index < -0.39 is 0 Å². The predicted molar refractivity (Wildman–Crippen MR) is 97.4 cm³/mol. The van der Waals surface area contributed by atoms with Gasteiger partial charge in [0, 0.05) is 5.56 Å². The molecule has 0 aliphatic rings. The van der Waals surface area contributed by atoms with Crippen LogP contribution in [0.25, 0.3) is 22.2 Å². The second-order valence-corrected chi connectivity index (χ2v) is 7.62. The van der Waals surface area contributed by atoms with Crippen molar-refractivity contribution in [2.45, 2.75) is 17.3 Å². The average molecular weight is 388 g/mol. The van der Waals surface area contributed by atoms with E-state index in [4.69, 9.17) is 10.3 Å². The van der Waals surface area contributed by atoms with Crippen molar-refractivity contribution in [2.75, 3.05) is 5.84 Å². The molecule has 0 bridgehead atoms. The lowest BCUT2D eigenvalue weighted by molar-refractivity contribution is 0.510. The summed E-state index contributed by atoms with van der Waals surface area (Å²) in [6, 6.07) is 9.76. The molecule has 3 aromatic heterocycles. The van der Waals surface area contributed by atoms with Crippen LogP contribution in [-0.4, -0.2) is 25.1 Å². The Morgan fingerprint density at radius 2 is 1.96 bits per heavy atom. The SMILES string of the molecule is C[C@@H](Sc1nnc(-c2ccc(F)cc2)n1N)c1nnc(-c2cccs2)o1. The van der Waals surface area contributed by atoms with Crippen molar-refractivity contribution in [3.63, 3.8) is 0 Å². The molecule has 0 unspecified atom stereocenters. The molecule has 132 valence electrons. The highest BCUT2D eigenvalue weighted by Crippen LogP contribution is 2.35. The van der Waals surface area contributed by atoms with Crippen LogP contribution in [-0.2, 0) is 0 Å². The van der Waals surface area contributed by atoms with Crippen molar-refractivity contribution < 1.29 is 8.81 Å². The average Bonchev–Trinajstić information content (AvgIpc) is 3.37. The van der Waals surface area contributed by atoms with Gasteiger partial charge in [-0.25, -0.2) is 9.07 Å². The quantitative estimate of drug-likeness (QED) is 0.411. The number of benzene rings is 1. The van der Waals surface area contributed by atoms with E-state index in [-0.39, 0.29) is 11.1 Å². The van der Waals surface area contributed by atoms with Crippen LogP contribution in [0.2, 0.25) is 0 Å². The topological polar surface area (TPSA) is 95.7 Å². The minimum absolute atomic E-state index is 0.163. The van der Waals surface area contributed by atoms with Crippen LogP contribution in [0.3, 0.4) is 0 Å². The summed E-state index contributed by atoms with van der Waals surface area (Å²) in [4.78, 5) is 0.918. The molecule has 10 heteroatoms. The van der Waals surface area contributed by atoms with Gasteiger partial charge in [0.2, 0.25) is 11.0 Å². The maximum Gasteiger partial charge on any atom is 0.257 e. The summed E-state index contributed by atoms with van der Waals surface area (Å²) >= 11 is 2.88. The third-order valence-electron chi connectivity index (χ3n) is 3.57. The van der Waals surface area contributed by atoms with Gasteiger partial charge in [-0.15, -0.1) is 31.7 Å². The number of thiophene rings is 1. The molecule has 4 aromatic rings. The predicted octanol–water partition coefficient (Wildman–Crippen LogP) is 3.76. The largest absolute Gasteiger partial charge is 0.419 e. The van der Waals surface area contributed by atoms with Crippen LogP contribution in [0.5, 0.6) is 0 Å². The molecule has 0 saturated heterocycles. The number of nitrogens with zero attached hydrogens (tertiary/aromatic N) is 5. The van der Waals surface area contributed by atoms with Crippen LogP contribution in [0.1, 0.15) is 18.1 Å². The summed E-state index contributed by atoms with van der Waals surface area (Å²) in [7, 11) is 0. The Balaban J connectivity index is 1.53. The first-order chi connectivity index (χ1) is 12.6. The highest BCUT2D eigenvalue weighted by molar-refractivity contribution is 7.99. The van der Waals surface area contributed by atoms with E-state index in [2.05, 4.69) is 20.4 Å². The summed E-state index contributed by atoms with van der Waals surface area (Å²) in [5.41, 5.74) is 0.679. The minimum atomic E-state index is -0.321. The molecule has 3 heterocycles. The smallest absolute Gasteiger partial charge is 0.257 e. The maximum atomic E-state index is 13.1. The van der Waals surface area contributed by atoms with E-state index in [1.807, 2.05) is 24.4 Å². The van der Waals surface area contributed by atoms with Crippen molar-refractivity contribution in [1.82, 2.24) is 25.1 Å². The Bertz CT molecular complexity index is 1010. The van der Waals surface area contributed by atoms with Crippen LogP contribution in [0, 0.1) is 5.82 Å². The third-order valence-corrected chi connectivity index (χ3v) is 5.47. The van der Waals surface area contributed by atoms with E-state index >= 15 is 0 Å². The Morgan fingerprint density at radius 3 is 2.69 bits per heavy atom. The Hall–Kier alpha value is -2.72. The molecule has 0 aliphatic heterocycles. The normalized spacial score (nSPS) is 12.4. The number of nitrogen functional groups attached to an aromatic ring is 1. The fraction of sp³-hybridized carbons (Fsp3) is 0.125. The van der Waals surface area contributed by atoms with Crippen molar-refractivity contribution in [3.8, 4) is 22.2 Å². The Morgan fingerprint density at radius 1 is 1.15 bits per heavy atom. The minimum Gasteiger partial charge on any atom is -0.419 e. The van der Waals surface area contributed by atoms with Crippen LogP contribution >= 0.6 is 23.1 Å². The van der Waals surface area contributed by atoms with Crippen LogP contribution in [0.4, 0.5) is 4.39 Å². The van der Waals surface area contributed by atoms with Crippen molar-refractivity contribution >= 4 is 23.1 Å². The molecule has 26 heavy (non-hydrogen) atoms. The lowest BCUT2D eigenvalue weighted by atomic mass is 10.2. The van der Waals surface area contributed by atoms with Gasteiger partial charge in [0.1, 0.15) is 5.82 Å². The Kier molecular flexibility index (Phi) is 4.43. The first-order valence-electron chi connectivity index (χ1n) is 7.62. The molecular formula is C16H13FN6OS2. The number of halogens is 1. The summed E-state index contributed by atoms with van der Waals surface area (Å²) in [5.74, 6) is 7.19. The van der Waals surface area contributed by atoms with E-state index in [0.29, 0.717) is 28.3 Å². The second kappa shape index (κ2) is 6.89. The molecule has 7 nitrogen and oxygen atoms in total. The zero-order valence-electron chi connectivity index (χ0n) is 13.5. The molecule has 0 spiro atoms. The van der Waals surface area contributed by atoms with E-state index in [1.54, 1.807) is 12.1 Å². The second-order valence-electron chi connectivity index (χ2n) is 5.37. The summed E-state index contributed by atoms with van der Waals surface area (Å²) < 4.78 is 20.2. The molecular weight excluding hydrogens is 375 g/mol. The summed E-state index contributed by atoms with van der Waals surface area (Å²) in [6.45, 7) is 1.92. The molecule has 0 amide bonds. The number of nitrogens with two attached hydrogens (primary N) is 1. The lowest BCUT2D eigenvalue weighted by Gasteiger charge is -2.06. The summed E-state index contributed by atoms with van der Waals surface area (Å²) in [6.07, 6.45) is 0. The van der Waals surface area contributed by atoms with Gasteiger partial charge in [-0.05, 0) is 42.6 Å². The van der Waals surface area contributed by atoms with Gasteiger partial charge >= 0.3 is 0 Å². The number of rotatable bonds is 5. The van der Waals surface area contributed by atoms with Crippen molar-refractivity contribution in [1.29, 1.82) is 0 Å². The van der Waals surface area contributed by atoms with Gasteiger partial charge in [-0.1, -0.05) is 17.8 Å². The van der Waals surface area contributed by atoms with Gasteiger partial charge < -0.3 is 10.3 Å². The standard InChI is InChI=1S/C16H13FN6OS2/c1-9(14-20-21-15(24-14)12-3-2-8-25-12)26-16-22-19-13(23(16)18)10-4-6-11(17)7-5-10/h2-9H,18H2,1H3/t9-/m1/s1. The van der Waals surface area contributed by atoms with Crippen molar-refractivity contribution in [3.05, 3.63) is 53.5 Å². The van der Waals surface area contributed by atoms with E-state index in [9.17, 15) is 4.39 Å². The number of hydrogen-bond donors (Lipinski definition) is 1. The lowest BCUT2D eigenvalue weighted by Crippen LogP contribution is -2.12. The van der Waals surface area contributed by atoms with Gasteiger partial charge in [0.15, 0.2) is 5.82 Å². The van der Waals surface area contributed by atoms with Crippen LogP contribution < -0.4 is 5.84 Å². The molecule has 4 rings (SSSR count). The first-order valence-corrected chi connectivity index (χ1v) is 9.38. The molecule has 0 saturated carbocycles. The number of aromatic nitrogens is 5. The fourth-order valence-electron chi connectivity index (χ4n) is 2.26. The molecule has 1 aromatic carbocycles. The zero-order valence-corrected chi connectivity index (χ0v) is 15.2. The van der Waals surface area contributed by atoms with E-state index in [1.165, 1.54) is 39.9 Å². The number of thioether (sulfide) groups is 1. The highest BCUT2D eigenvalue weighted by Gasteiger charge is 2.21. The van der Waals surface area contributed by atoms with Gasteiger partial charge in [0.25, 0.3) is 5.89 Å². The zero-order chi connectivity index (χ0) is 18.1. The molecule has 2 N–H and O–H groups in total. The van der Waals surface area contributed by atoms with E-state index in [0.717, 1.165) is 4.88 Å². The Labute approximate surface area is 156 Å². The molecule has 1 atom stereocenters. The van der Waals surface area contributed by atoms with Gasteiger partial charge in [-0.3, -0.25) is 0 Å². The summed E-state index contributed by atoms with van der Waals surface area (Å²) in [5, 5.41) is 18.7. The molecule has 0 radical (unpaired) electrons. The number of hydrogen-bond acceptors (Lipinski definition) is 8. The first kappa shape index (κ1) is 16.7. The molecule has 0 aliphatic carbocycles. The van der Waals surface area contributed by atoms with Crippen LogP contribution in [0.15, 0.2) is 51.4 Å². The van der Waals surface area contributed by atoms with Gasteiger partial charge in [-0.2, -0.15) is 0 Å². The fourth-order valence-corrected chi connectivity index (χ4v) is 3.70. The maximum absolute atomic E-state index is 13.1. The monoisotopic (exact) mass is 388 g/mol. The molecule has 0 fully saturated rings. The van der Waals surface area contributed by atoms with Gasteiger partial charge in [0.05, 0.1) is 10.1 Å². The third kappa shape index (κ3) is 3.20.